The first-order chi connectivity index (χ1) is 8.26. The van der Waals surface area contributed by atoms with Gasteiger partial charge in [0, 0.05) is 5.57 Å². The average molecular weight is 240 g/mol. The van der Waals surface area contributed by atoms with Crippen molar-refractivity contribution in [2.24, 2.45) is 0 Å². The van der Waals surface area contributed by atoms with Crippen LogP contribution in [-0.4, -0.2) is 12.6 Å². The first-order valence-corrected chi connectivity index (χ1v) is 7.12. The number of carbonyl (C=O) groups excluding carboxylic acids is 1. The van der Waals surface area contributed by atoms with Crippen LogP contribution in [0.15, 0.2) is 11.6 Å². The largest absolute Gasteiger partial charge is 0.463 e. The lowest BCUT2D eigenvalue weighted by atomic mass is 10.1. The van der Waals surface area contributed by atoms with E-state index in [0.29, 0.717) is 6.61 Å². The summed E-state index contributed by atoms with van der Waals surface area (Å²) < 4.78 is 5.00. The molecule has 0 heterocycles. The van der Waals surface area contributed by atoms with Gasteiger partial charge < -0.3 is 4.74 Å². The third kappa shape index (κ3) is 8.96. The van der Waals surface area contributed by atoms with E-state index in [1.807, 2.05) is 13.8 Å². The molecule has 0 saturated carbocycles. The Bertz CT molecular complexity index is 219. The molecule has 0 radical (unpaired) electrons. The first kappa shape index (κ1) is 16.2. The van der Waals surface area contributed by atoms with Crippen LogP contribution in [0.2, 0.25) is 0 Å². The highest BCUT2D eigenvalue weighted by molar-refractivity contribution is 5.88. The van der Waals surface area contributed by atoms with Crippen molar-refractivity contribution < 1.29 is 9.53 Å². The summed E-state index contributed by atoms with van der Waals surface area (Å²) in [7, 11) is 0. The third-order valence-electron chi connectivity index (χ3n) is 2.87. The van der Waals surface area contributed by atoms with Crippen LogP contribution in [0, 0.1) is 0 Å². The lowest BCUT2D eigenvalue weighted by Crippen LogP contribution is -2.06. The number of hydrogen-bond donors (Lipinski definition) is 0. The Hall–Kier alpha value is -0.790. The fourth-order valence-corrected chi connectivity index (χ4v) is 1.80. The van der Waals surface area contributed by atoms with Crippen molar-refractivity contribution in [3.63, 3.8) is 0 Å². The van der Waals surface area contributed by atoms with Gasteiger partial charge in [-0.2, -0.15) is 0 Å². The van der Waals surface area contributed by atoms with Gasteiger partial charge in [-0.3, -0.25) is 0 Å². The zero-order valence-electron chi connectivity index (χ0n) is 11.8. The van der Waals surface area contributed by atoms with E-state index in [2.05, 4.69) is 13.0 Å². The summed E-state index contributed by atoms with van der Waals surface area (Å²) in [6.07, 6.45) is 11.6. The second kappa shape index (κ2) is 11.7. The lowest BCUT2D eigenvalue weighted by Gasteiger charge is -2.04. The highest BCUT2D eigenvalue weighted by Gasteiger charge is 2.06. The van der Waals surface area contributed by atoms with Crippen molar-refractivity contribution in [3.8, 4) is 0 Å². The van der Waals surface area contributed by atoms with Crippen LogP contribution in [0.3, 0.4) is 0 Å². The highest BCUT2D eigenvalue weighted by atomic mass is 16.5. The maximum atomic E-state index is 11.5. The maximum Gasteiger partial charge on any atom is 0.333 e. The van der Waals surface area contributed by atoms with Crippen molar-refractivity contribution in [1.82, 2.24) is 0 Å². The lowest BCUT2D eigenvalue weighted by molar-refractivity contribution is -0.138. The third-order valence-corrected chi connectivity index (χ3v) is 2.87. The summed E-state index contributed by atoms with van der Waals surface area (Å²) >= 11 is 0. The number of ether oxygens (including phenoxy) is 1. The molecule has 0 amide bonds. The molecule has 0 spiro atoms. The second-order valence-corrected chi connectivity index (χ2v) is 4.36. The van der Waals surface area contributed by atoms with Crippen LogP contribution in [0.4, 0.5) is 0 Å². The minimum atomic E-state index is -0.138. The number of unbranched alkanes of at least 4 members (excludes halogenated alkanes) is 6. The summed E-state index contributed by atoms with van der Waals surface area (Å²) in [4.78, 5) is 11.5. The van der Waals surface area contributed by atoms with Crippen molar-refractivity contribution in [2.45, 2.75) is 72.1 Å². The van der Waals surface area contributed by atoms with E-state index in [4.69, 9.17) is 4.74 Å². The van der Waals surface area contributed by atoms with Crippen LogP contribution >= 0.6 is 0 Å². The summed E-state index contributed by atoms with van der Waals surface area (Å²) in [5.41, 5.74) is 0.834. The Morgan fingerprint density at radius 2 is 1.65 bits per heavy atom. The molecular formula is C15H28O2. The summed E-state index contributed by atoms with van der Waals surface area (Å²) in [5, 5.41) is 0. The molecular weight excluding hydrogens is 212 g/mol. The van der Waals surface area contributed by atoms with Crippen LogP contribution in [0.5, 0.6) is 0 Å². The van der Waals surface area contributed by atoms with Gasteiger partial charge in [0.05, 0.1) is 6.61 Å². The Kier molecular flexibility index (Phi) is 11.1. The summed E-state index contributed by atoms with van der Waals surface area (Å²) in [5.74, 6) is -0.138. The van der Waals surface area contributed by atoms with Crippen LogP contribution in [0.25, 0.3) is 0 Å². The van der Waals surface area contributed by atoms with Crippen LogP contribution < -0.4 is 0 Å². The van der Waals surface area contributed by atoms with Crippen molar-refractivity contribution >= 4 is 5.97 Å². The molecule has 0 rings (SSSR count). The van der Waals surface area contributed by atoms with Crippen LogP contribution in [0.1, 0.15) is 72.1 Å². The van der Waals surface area contributed by atoms with Gasteiger partial charge in [-0.05, 0) is 26.2 Å². The Labute approximate surface area is 106 Å². The molecule has 0 aliphatic rings. The number of carbonyl (C=O) groups is 1. The fourth-order valence-electron chi connectivity index (χ4n) is 1.80. The smallest absolute Gasteiger partial charge is 0.333 e. The quantitative estimate of drug-likeness (QED) is 0.316. The van der Waals surface area contributed by atoms with Gasteiger partial charge in [-0.25, -0.2) is 4.79 Å². The SMILES string of the molecule is CCCCCCCCC=C(CC)C(=O)OCC. The van der Waals surface area contributed by atoms with E-state index in [0.717, 1.165) is 18.4 Å². The van der Waals surface area contributed by atoms with E-state index in [1.165, 1.54) is 38.5 Å². The van der Waals surface area contributed by atoms with Gasteiger partial charge in [0.15, 0.2) is 0 Å². The minimum Gasteiger partial charge on any atom is -0.463 e. The molecule has 0 atom stereocenters. The van der Waals surface area contributed by atoms with Gasteiger partial charge in [0.2, 0.25) is 0 Å². The molecule has 0 bridgehead atoms. The molecule has 0 N–H and O–H groups in total. The summed E-state index contributed by atoms with van der Waals surface area (Å²) in [6.45, 7) is 6.55. The molecule has 100 valence electrons. The van der Waals surface area contributed by atoms with E-state index in [9.17, 15) is 4.79 Å². The van der Waals surface area contributed by atoms with Crippen molar-refractivity contribution in [3.05, 3.63) is 11.6 Å². The Balaban J connectivity index is 3.68. The molecule has 0 aromatic heterocycles. The number of esters is 1. The maximum absolute atomic E-state index is 11.5. The normalized spacial score (nSPS) is 11.6. The minimum absolute atomic E-state index is 0.138. The molecule has 0 aliphatic heterocycles. The first-order valence-electron chi connectivity index (χ1n) is 7.12. The standard InChI is InChI=1S/C15H28O2/c1-4-7-8-9-10-11-12-13-14(5-2)15(16)17-6-3/h13H,4-12H2,1-3H3. The predicted molar refractivity (Wildman–Crippen MR) is 73.0 cm³/mol. The molecule has 17 heavy (non-hydrogen) atoms. The molecule has 0 aromatic rings. The van der Waals surface area contributed by atoms with Gasteiger partial charge >= 0.3 is 5.97 Å². The summed E-state index contributed by atoms with van der Waals surface area (Å²) in [6, 6.07) is 0. The van der Waals surface area contributed by atoms with E-state index in [1.54, 1.807) is 0 Å². The molecule has 0 unspecified atom stereocenters. The zero-order valence-corrected chi connectivity index (χ0v) is 11.8. The van der Waals surface area contributed by atoms with Gasteiger partial charge in [-0.15, -0.1) is 0 Å². The second-order valence-electron chi connectivity index (χ2n) is 4.36. The molecule has 0 aromatic carbocycles. The van der Waals surface area contributed by atoms with Gasteiger partial charge in [-0.1, -0.05) is 52.0 Å². The monoisotopic (exact) mass is 240 g/mol. The number of rotatable bonds is 10. The molecule has 0 saturated heterocycles. The topological polar surface area (TPSA) is 26.3 Å². The Morgan fingerprint density at radius 1 is 1.00 bits per heavy atom. The Morgan fingerprint density at radius 3 is 2.24 bits per heavy atom. The van der Waals surface area contributed by atoms with E-state index < -0.39 is 0 Å². The molecule has 0 fully saturated rings. The molecule has 2 heteroatoms. The van der Waals surface area contributed by atoms with Gasteiger partial charge in [0.1, 0.15) is 0 Å². The molecule has 0 aliphatic carbocycles. The zero-order chi connectivity index (χ0) is 12.9. The van der Waals surface area contributed by atoms with Crippen LogP contribution in [-0.2, 0) is 9.53 Å². The average Bonchev–Trinajstić information content (AvgIpc) is 2.33. The van der Waals surface area contributed by atoms with Crippen molar-refractivity contribution in [2.75, 3.05) is 6.61 Å². The predicted octanol–water partition coefficient (Wildman–Crippen LogP) is 4.64. The number of allylic oxidation sites excluding steroid dienone is 1. The van der Waals surface area contributed by atoms with Crippen molar-refractivity contribution in [1.29, 1.82) is 0 Å². The molecule has 2 nitrogen and oxygen atoms in total. The number of hydrogen-bond acceptors (Lipinski definition) is 2. The van der Waals surface area contributed by atoms with E-state index in [-0.39, 0.29) is 5.97 Å². The fraction of sp³-hybridized carbons (Fsp3) is 0.800. The highest BCUT2D eigenvalue weighted by Crippen LogP contribution is 2.10. The van der Waals surface area contributed by atoms with Gasteiger partial charge in [0.25, 0.3) is 0 Å². The van der Waals surface area contributed by atoms with E-state index >= 15 is 0 Å².